The van der Waals surface area contributed by atoms with Crippen LogP contribution in [0.4, 0.5) is 0 Å². The number of nitrogens with one attached hydrogen (secondary N) is 1. The first-order valence-electron chi connectivity index (χ1n) is 5.83. The molecular weight excluding hydrogens is 282 g/mol. The van der Waals surface area contributed by atoms with E-state index in [-0.39, 0.29) is 0 Å². The summed E-state index contributed by atoms with van der Waals surface area (Å²) >= 11 is 3.50. The van der Waals surface area contributed by atoms with Gasteiger partial charge in [0.15, 0.2) is 5.65 Å². The van der Waals surface area contributed by atoms with Gasteiger partial charge in [0.25, 0.3) is 0 Å². The van der Waals surface area contributed by atoms with E-state index < -0.39 is 0 Å². The predicted octanol–water partition coefficient (Wildman–Crippen LogP) is 1.82. The molecule has 0 aromatic carbocycles. The number of aryl methyl sites for hydroxylation is 1. The van der Waals surface area contributed by atoms with Crippen LogP contribution >= 0.6 is 15.9 Å². The molecule has 1 N–H and O–H groups in total. The summed E-state index contributed by atoms with van der Waals surface area (Å²) in [6.45, 7) is 4.05. The van der Waals surface area contributed by atoms with E-state index in [9.17, 15) is 0 Å². The summed E-state index contributed by atoms with van der Waals surface area (Å²) < 4.78 is 2.87. The van der Waals surface area contributed by atoms with Crippen molar-refractivity contribution in [2.24, 2.45) is 0 Å². The van der Waals surface area contributed by atoms with Crippen LogP contribution in [0.1, 0.15) is 24.6 Å². The summed E-state index contributed by atoms with van der Waals surface area (Å²) in [4.78, 5) is 8.59. The third-order valence-electron chi connectivity index (χ3n) is 3.25. The van der Waals surface area contributed by atoms with Crippen LogP contribution in [-0.2, 0) is 0 Å². The quantitative estimate of drug-likeness (QED) is 0.872. The molecule has 3 rings (SSSR count). The number of piperidine rings is 1. The second kappa shape index (κ2) is 4.34. The van der Waals surface area contributed by atoms with Gasteiger partial charge in [0.1, 0.15) is 10.9 Å². The second-order valence-electron chi connectivity index (χ2n) is 4.39. The van der Waals surface area contributed by atoms with Crippen LogP contribution in [0.5, 0.6) is 0 Å². The Morgan fingerprint density at radius 1 is 1.47 bits per heavy atom. The first-order chi connectivity index (χ1) is 8.27. The molecule has 1 aliphatic heterocycles. The van der Waals surface area contributed by atoms with E-state index >= 15 is 0 Å². The topological polar surface area (TPSA) is 55.6 Å². The highest BCUT2D eigenvalue weighted by molar-refractivity contribution is 9.10. The summed E-state index contributed by atoms with van der Waals surface area (Å²) in [5, 5.41) is 8.99. The average molecular weight is 296 g/mol. The Hall–Kier alpha value is -1.01. The molecule has 6 heteroatoms. The van der Waals surface area contributed by atoms with Crippen molar-refractivity contribution in [1.29, 1.82) is 0 Å². The maximum atomic E-state index is 4.57. The van der Waals surface area contributed by atoms with Crippen molar-refractivity contribution in [1.82, 2.24) is 25.1 Å². The fraction of sp³-hybridized carbons (Fsp3) is 0.545. The standard InChI is InChI=1S/C11H14BrN5/c1-7-9-10(12)16-17(11(9)15-6-14-7)8-3-2-4-13-5-8/h6,8,13H,2-5H2,1H3/t8-/m0/s1. The Morgan fingerprint density at radius 2 is 2.35 bits per heavy atom. The second-order valence-corrected chi connectivity index (χ2v) is 5.14. The van der Waals surface area contributed by atoms with Crippen molar-refractivity contribution in [2.75, 3.05) is 13.1 Å². The molecule has 0 spiro atoms. The molecule has 2 aromatic heterocycles. The number of rotatable bonds is 1. The highest BCUT2D eigenvalue weighted by Crippen LogP contribution is 2.27. The highest BCUT2D eigenvalue weighted by atomic mass is 79.9. The molecule has 90 valence electrons. The summed E-state index contributed by atoms with van der Waals surface area (Å²) in [5.41, 5.74) is 1.90. The van der Waals surface area contributed by atoms with E-state index in [0.717, 1.165) is 40.8 Å². The molecule has 0 bridgehead atoms. The number of aromatic nitrogens is 4. The van der Waals surface area contributed by atoms with Gasteiger partial charge in [0.2, 0.25) is 0 Å². The molecule has 0 aliphatic carbocycles. The maximum Gasteiger partial charge on any atom is 0.162 e. The number of halogens is 1. The fourth-order valence-corrected chi connectivity index (χ4v) is 3.00. The van der Waals surface area contributed by atoms with Crippen LogP contribution < -0.4 is 5.32 Å². The molecule has 17 heavy (non-hydrogen) atoms. The molecule has 3 heterocycles. The van der Waals surface area contributed by atoms with Gasteiger partial charge in [0.05, 0.1) is 17.1 Å². The Kier molecular flexibility index (Phi) is 2.84. The SMILES string of the molecule is Cc1ncnc2c1c(Br)nn2[C@H]1CCCNC1. The molecule has 2 aromatic rings. The summed E-state index contributed by atoms with van der Waals surface area (Å²) in [5.74, 6) is 0. The smallest absolute Gasteiger partial charge is 0.162 e. The first-order valence-corrected chi connectivity index (χ1v) is 6.62. The summed E-state index contributed by atoms with van der Waals surface area (Å²) in [7, 11) is 0. The molecule has 1 saturated heterocycles. The van der Waals surface area contributed by atoms with Gasteiger partial charge in [-0.2, -0.15) is 5.10 Å². The normalized spacial score (nSPS) is 20.9. The molecule has 0 unspecified atom stereocenters. The predicted molar refractivity (Wildman–Crippen MR) is 68.9 cm³/mol. The Bertz CT molecular complexity index is 544. The van der Waals surface area contributed by atoms with Crippen LogP contribution in [0.2, 0.25) is 0 Å². The minimum atomic E-state index is 0.395. The van der Waals surface area contributed by atoms with E-state index in [1.54, 1.807) is 6.33 Å². The van der Waals surface area contributed by atoms with Gasteiger partial charge >= 0.3 is 0 Å². The highest BCUT2D eigenvalue weighted by Gasteiger charge is 2.21. The molecule has 1 atom stereocenters. The van der Waals surface area contributed by atoms with Gasteiger partial charge in [-0.15, -0.1) is 0 Å². The van der Waals surface area contributed by atoms with Crippen LogP contribution in [0, 0.1) is 6.92 Å². The van der Waals surface area contributed by atoms with Crippen molar-refractivity contribution in [2.45, 2.75) is 25.8 Å². The molecule has 1 aliphatic rings. The number of hydrogen-bond donors (Lipinski definition) is 1. The zero-order valence-electron chi connectivity index (χ0n) is 9.65. The van der Waals surface area contributed by atoms with Crippen molar-refractivity contribution in [3.63, 3.8) is 0 Å². The van der Waals surface area contributed by atoms with Crippen LogP contribution in [0.25, 0.3) is 11.0 Å². The van der Waals surface area contributed by atoms with Crippen LogP contribution in [0.15, 0.2) is 10.9 Å². The van der Waals surface area contributed by atoms with Gasteiger partial charge in [-0.05, 0) is 42.2 Å². The van der Waals surface area contributed by atoms with E-state index in [1.165, 1.54) is 6.42 Å². The van der Waals surface area contributed by atoms with Gasteiger partial charge in [-0.1, -0.05) is 0 Å². The van der Waals surface area contributed by atoms with E-state index in [0.29, 0.717) is 6.04 Å². The lowest BCUT2D eigenvalue weighted by molar-refractivity contribution is 0.352. The fourth-order valence-electron chi connectivity index (χ4n) is 2.37. The van der Waals surface area contributed by atoms with E-state index in [4.69, 9.17) is 0 Å². The van der Waals surface area contributed by atoms with Gasteiger partial charge in [-0.3, -0.25) is 0 Å². The molecule has 5 nitrogen and oxygen atoms in total. The zero-order valence-corrected chi connectivity index (χ0v) is 11.2. The third-order valence-corrected chi connectivity index (χ3v) is 3.81. The Labute approximate surface area is 108 Å². The first kappa shape index (κ1) is 11.1. The lowest BCUT2D eigenvalue weighted by atomic mass is 10.1. The average Bonchev–Trinajstić information content (AvgIpc) is 2.69. The van der Waals surface area contributed by atoms with Gasteiger partial charge in [0, 0.05) is 6.54 Å². The third kappa shape index (κ3) is 1.85. The minimum absolute atomic E-state index is 0.395. The van der Waals surface area contributed by atoms with Crippen molar-refractivity contribution in [3.8, 4) is 0 Å². The van der Waals surface area contributed by atoms with Crippen LogP contribution in [-0.4, -0.2) is 32.8 Å². The molecule has 0 radical (unpaired) electrons. The monoisotopic (exact) mass is 295 g/mol. The van der Waals surface area contributed by atoms with Gasteiger partial charge in [-0.25, -0.2) is 14.6 Å². The number of hydrogen-bond acceptors (Lipinski definition) is 4. The van der Waals surface area contributed by atoms with Crippen molar-refractivity contribution in [3.05, 3.63) is 16.6 Å². The Morgan fingerprint density at radius 3 is 3.12 bits per heavy atom. The van der Waals surface area contributed by atoms with E-state index in [2.05, 4.69) is 36.3 Å². The van der Waals surface area contributed by atoms with Crippen molar-refractivity contribution >= 4 is 27.0 Å². The molecule has 0 amide bonds. The maximum absolute atomic E-state index is 4.57. The number of nitrogens with zero attached hydrogens (tertiary/aromatic N) is 4. The largest absolute Gasteiger partial charge is 0.315 e. The number of fused-ring (bicyclic) bond motifs is 1. The van der Waals surface area contributed by atoms with Gasteiger partial charge < -0.3 is 5.32 Å². The van der Waals surface area contributed by atoms with E-state index in [1.807, 2.05) is 11.6 Å². The van der Waals surface area contributed by atoms with Crippen molar-refractivity contribution < 1.29 is 0 Å². The lowest BCUT2D eigenvalue weighted by Crippen LogP contribution is -2.32. The molecule has 0 saturated carbocycles. The summed E-state index contributed by atoms with van der Waals surface area (Å²) in [6, 6.07) is 0.395. The Balaban J connectivity index is 2.13. The molecular formula is C11H14BrN5. The zero-order chi connectivity index (χ0) is 11.8. The minimum Gasteiger partial charge on any atom is -0.315 e. The van der Waals surface area contributed by atoms with Crippen LogP contribution in [0.3, 0.4) is 0 Å². The lowest BCUT2D eigenvalue weighted by Gasteiger charge is -2.23. The molecule has 1 fully saturated rings. The summed E-state index contributed by atoms with van der Waals surface area (Å²) in [6.07, 6.45) is 3.95.